The third-order valence-corrected chi connectivity index (χ3v) is 5.98. The topological polar surface area (TPSA) is 76.4 Å². The fourth-order valence-electron chi connectivity index (χ4n) is 4.43. The van der Waals surface area contributed by atoms with Crippen LogP contribution in [0.15, 0.2) is 24.4 Å². The van der Waals surface area contributed by atoms with Crippen LogP contribution < -0.4 is 5.32 Å². The Bertz CT molecular complexity index is 1050. The second-order valence-electron chi connectivity index (χ2n) is 7.78. The highest BCUT2D eigenvalue weighted by atomic mass is 35.5. The third-order valence-electron chi connectivity index (χ3n) is 5.65. The van der Waals surface area contributed by atoms with Crippen molar-refractivity contribution in [1.82, 2.24) is 9.78 Å². The number of fused-ring (bicyclic) bond motifs is 2. The SMILES string of the molecule is Cn1cc([C@H]2[C@H]3O[C@H](C[C@@H]3O)[C@@H]2C(=O)Nc2ccc(Cl)c(C(F)(F)F)c2)c(C(F)(F)F)n1. The smallest absolute Gasteiger partial charge is 0.390 e. The Kier molecular flexibility index (Phi) is 5.45. The lowest BCUT2D eigenvalue weighted by atomic mass is 9.73. The van der Waals surface area contributed by atoms with Crippen molar-refractivity contribution >= 4 is 23.2 Å². The number of amides is 1. The number of alkyl halides is 6. The summed E-state index contributed by atoms with van der Waals surface area (Å²) in [6, 6.07) is 2.75. The van der Waals surface area contributed by atoms with E-state index in [0.29, 0.717) is 6.07 Å². The Hall–Kier alpha value is -2.31. The molecule has 0 saturated carbocycles. The predicted octanol–water partition coefficient (Wildman–Crippen LogP) is 3.98. The minimum atomic E-state index is -4.82. The van der Waals surface area contributed by atoms with Crippen molar-refractivity contribution in [2.75, 3.05) is 5.32 Å². The molecule has 2 N–H and O–H groups in total. The Balaban J connectivity index is 1.68. The summed E-state index contributed by atoms with van der Waals surface area (Å²) in [5, 5.41) is 15.4. The number of carbonyl (C=O) groups excluding carboxylic acids is 1. The highest BCUT2D eigenvalue weighted by Gasteiger charge is 2.59. The number of nitrogens with one attached hydrogen (secondary N) is 1. The number of nitrogens with zero attached hydrogens (tertiary/aromatic N) is 2. The zero-order valence-corrected chi connectivity index (χ0v) is 17.0. The molecule has 2 aliphatic rings. The average molecular weight is 484 g/mol. The van der Waals surface area contributed by atoms with Crippen molar-refractivity contribution < 1.29 is 41.0 Å². The van der Waals surface area contributed by atoms with Crippen molar-refractivity contribution in [3.8, 4) is 0 Å². The lowest BCUT2D eigenvalue weighted by Gasteiger charge is -2.30. The minimum absolute atomic E-state index is 0.00921. The largest absolute Gasteiger partial charge is 0.435 e. The molecular formula is C19H16ClF6N3O3. The molecular weight excluding hydrogens is 468 g/mol. The summed E-state index contributed by atoms with van der Waals surface area (Å²) in [5.74, 6) is -3.20. The molecule has 2 bridgehead atoms. The van der Waals surface area contributed by atoms with Crippen LogP contribution in [0.4, 0.5) is 32.0 Å². The first-order valence-electron chi connectivity index (χ1n) is 9.39. The average Bonchev–Trinajstić information content (AvgIpc) is 3.33. The van der Waals surface area contributed by atoms with Gasteiger partial charge in [0, 0.05) is 36.8 Å². The number of aryl methyl sites for hydroxylation is 1. The molecule has 1 amide bonds. The molecule has 0 spiro atoms. The zero-order chi connectivity index (χ0) is 23.6. The molecule has 174 valence electrons. The molecule has 1 aromatic carbocycles. The number of aromatic nitrogens is 2. The molecule has 0 unspecified atom stereocenters. The summed E-state index contributed by atoms with van der Waals surface area (Å²) in [7, 11) is 1.28. The fraction of sp³-hybridized carbons (Fsp3) is 0.474. The molecule has 0 radical (unpaired) electrons. The van der Waals surface area contributed by atoms with Gasteiger partial charge >= 0.3 is 12.4 Å². The van der Waals surface area contributed by atoms with Crippen LogP contribution in [-0.2, 0) is 28.9 Å². The van der Waals surface area contributed by atoms with Crippen molar-refractivity contribution in [2.45, 2.75) is 43.0 Å². The van der Waals surface area contributed by atoms with Crippen LogP contribution in [0.5, 0.6) is 0 Å². The first-order valence-corrected chi connectivity index (χ1v) is 9.77. The van der Waals surface area contributed by atoms with E-state index in [-0.39, 0.29) is 17.7 Å². The van der Waals surface area contributed by atoms with Gasteiger partial charge in [0.15, 0.2) is 5.69 Å². The van der Waals surface area contributed by atoms with Gasteiger partial charge in [-0.2, -0.15) is 31.4 Å². The Morgan fingerprint density at radius 2 is 1.94 bits per heavy atom. The lowest BCUT2D eigenvalue weighted by Crippen LogP contribution is -2.41. The summed E-state index contributed by atoms with van der Waals surface area (Å²) in [6.07, 6.45) is -11.6. The van der Waals surface area contributed by atoms with Crippen molar-refractivity contribution in [1.29, 1.82) is 0 Å². The first kappa shape index (κ1) is 22.9. The molecule has 32 heavy (non-hydrogen) atoms. The van der Waals surface area contributed by atoms with Gasteiger partial charge in [-0.25, -0.2) is 0 Å². The van der Waals surface area contributed by atoms with Gasteiger partial charge in [-0.05, 0) is 18.2 Å². The van der Waals surface area contributed by atoms with Gasteiger partial charge in [0.25, 0.3) is 0 Å². The van der Waals surface area contributed by atoms with E-state index in [0.717, 1.165) is 23.0 Å². The lowest BCUT2D eigenvalue weighted by molar-refractivity contribution is -0.143. The van der Waals surface area contributed by atoms with E-state index in [1.54, 1.807) is 0 Å². The number of hydrogen-bond donors (Lipinski definition) is 2. The normalized spacial score (nSPS) is 27.7. The van der Waals surface area contributed by atoms with Gasteiger partial charge in [-0.15, -0.1) is 0 Å². The molecule has 6 nitrogen and oxygen atoms in total. The molecule has 2 aliphatic heterocycles. The van der Waals surface area contributed by atoms with Gasteiger partial charge in [-0.1, -0.05) is 11.6 Å². The molecule has 4 rings (SSSR count). The van der Waals surface area contributed by atoms with E-state index in [2.05, 4.69) is 10.4 Å². The summed E-state index contributed by atoms with van der Waals surface area (Å²) in [4.78, 5) is 13.0. The molecule has 0 aliphatic carbocycles. The van der Waals surface area contributed by atoms with E-state index in [1.165, 1.54) is 7.05 Å². The molecule has 2 saturated heterocycles. The summed E-state index contributed by atoms with van der Waals surface area (Å²) >= 11 is 5.58. The van der Waals surface area contributed by atoms with Crippen LogP contribution in [0.3, 0.4) is 0 Å². The van der Waals surface area contributed by atoms with Gasteiger partial charge < -0.3 is 15.2 Å². The Morgan fingerprint density at radius 1 is 1.25 bits per heavy atom. The summed E-state index contributed by atoms with van der Waals surface area (Å²) < 4.78 is 86.4. The summed E-state index contributed by atoms with van der Waals surface area (Å²) in [5.41, 5.74) is -2.92. The minimum Gasteiger partial charge on any atom is -0.390 e. The fourth-order valence-corrected chi connectivity index (χ4v) is 4.66. The molecule has 5 atom stereocenters. The third kappa shape index (κ3) is 3.95. The van der Waals surface area contributed by atoms with Crippen molar-refractivity contribution in [2.24, 2.45) is 13.0 Å². The summed E-state index contributed by atoms with van der Waals surface area (Å²) in [6.45, 7) is 0. The van der Waals surface area contributed by atoms with E-state index >= 15 is 0 Å². The molecule has 2 fully saturated rings. The Morgan fingerprint density at radius 3 is 2.56 bits per heavy atom. The quantitative estimate of drug-likeness (QED) is 0.648. The second-order valence-corrected chi connectivity index (χ2v) is 8.19. The van der Waals surface area contributed by atoms with E-state index < -0.39 is 64.7 Å². The number of benzene rings is 1. The van der Waals surface area contributed by atoms with Crippen molar-refractivity contribution in [3.05, 3.63) is 46.2 Å². The van der Waals surface area contributed by atoms with Crippen LogP contribution >= 0.6 is 11.6 Å². The van der Waals surface area contributed by atoms with Crippen LogP contribution in [-0.4, -0.2) is 39.1 Å². The maximum Gasteiger partial charge on any atom is 0.435 e. The van der Waals surface area contributed by atoms with E-state index in [1.807, 2.05) is 0 Å². The number of anilines is 1. The number of aliphatic hydroxyl groups is 1. The van der Waals surface area contributed by atoms with Crippen molar-refractivity contribution in [3.63, 3.8) is 0 Å². The standard InChI is InChI=1S/C19H16ClF6N3O3/c1-29-6-8(16(28-29)19(24,25)26)13-14(12-5-11(30)15(13)32-12)17(31)27-7-2-3-10(20)9(4-7)18(21,22)23/h2-4,6,11-15,30H,5H2,1H3,(H,27,31)/t11-,12+,13+,14-,15-/m0/s1. The zero-order valence-electron chi connectivity index (χ0n) is 16.2. The second kappa shape index (κ2) is 7.63. The predicted molar refractivity (Wildman–Crippen MR) is 98.8 cm³/mol. The number of aliphatic hydroxyl groups excluding tert-OH is 1. The molecule has 3 heterocycles. The van der Waals surface area contributed by atoms with Gasteiger partial charge in [0.05, 0.1) is 34.8 Å². The van der Waals surface area contributed by atoms with Crippen LogP contribution in [0, 0.1) is 5.92 Å². The van der Waals surface area contributed by atoms with Gasteiger partial charge in [0.1, 0.15) is 0 Å². The number of halogens is 7. The highest BCUT2D eigenvalue weighted by Crippen LogP contribution is 2.51. The Labute approximate surface area is 182 Å². The van der Waals surface area contributed by atoms with Gasteiger partial charge in [0.2, 0.25) is 5.91 Å². The van der Waals surface area contributed by atoms with Crippen LogP contribution in [0.1, 0.15) is 29.2 Å². The van der Waals surface area contributed by atoms with E-state index in [4.69, 9.17) is 16.3 Å². The molecule has 2 aromatic rings. The first-order chi connectivity index (χ1) is 14.8. The number of carbonyl (C=O) groups is 1. The number of hydrogen-bond acceptors (Lipinski definition) is 4. The molecule has 1 aromatic heterocycles. The number of rotatable bonds is 3. The number of ether oxygens (including phenoxy) is 1. The maximum absolute atomic E-state index is 13.5. The van der Waals surface area contributed by atoms with Crippen LogP contribution in [0.2, 0.25) is 5.02 Å². The van der Waals surface area contributed by atoms with E-state index in [9.17, 15) is 36.2 Å². The monoisotopic (exact) mass is 483 g/mol. The highest BCUT2D eigenvalue weighted by molar-refractivity contribution is 6.31. The van der Waals surface area contributed by atoms with Crippen LogP contribution in [0.25, 0.3) is 0 Å². The molecule has 13 heteroatoms. The maximum atomic E-state index is 13.5. The van der Waals surface area contributed by atoms with Gasteiger partial charge in [-0.3, -0.25) is 9.48 Å².